The van der Waals surface area contributed by atoms with Gasteiger partial charge in [0.05, 0.1) is 6.61 Å². The van der Waals surface area contributed by atoms with E-state index in [2.05, 4.69) is 5.32 Å². The van der Waals surface area contributed by atoms with Gasteiger partial charge in [-0.2, -0.15) is 5.26 Å². The number of carbonyl (C=O) groups is 1. The van der Waals surface area contributed by atoms with Gasteiger partial charge in [-0.05, 0) is 43.8 Å². The average molecular weight is 336 g/mol. The number of allylic oxidation sites excluding steroid dienone is 3. The highest BCUT2D eigenvalue weighted by Gasteiger charge is 2.18. The van der Waals surface area contributed by atoms with Crippen LogP contribution in [0.2, 0.25) is 0 Å². The first kappa shape index (κ1) is 20.2. The van der Waals surface area contributed by atoms with Crippen LogP contribution in [0.15, 0.2) is 22.9 Å². The molecule has 0 atom stereocenters. The Hall–Kier alpha value is -1.84. The number of ether oxygens (including phenoxy) is 3. The van der Waals surface area contributed by atoms with Crippen LogP contribution in [0.4, 0.5) is 0 Å². The van der Waals surface area contributed by atoms with Gasteiger partial charge >= 0.3 is 5.97 Å². The van der Waals surface area contributed by atoms with Gasteiger partial charge < -0.3 is 19.5 Å². The van der Waals surface area contributed by atoms with Crippen LogP contribution in [0.3, 0.4) is 0 Å². The second kappa shape index (κ2) is 12.6. The summed E-state index contributed by atoms with van der Waals surface area (Å²) in [6.07, 6.45) is 6.30. The molecule has 1 aliphatic rings. The van der Waals surface area contributed by atoms with Crippen LogP contribution >= 0.6 is 0 Å². The fraction of sp³-hybridized carbons (Fsp3) is 0.667. The third kappa shape index (κ3) is 7.62. The summed E-state index contributed by atoms with van der Waals surface area (Å²) < 4.78 is 15.4. The minimum absolute atomic E-state index is 0.0985. The number of esters is 1. The van der Waals surface area contributed by atoms with Crippen molar-refractivity contribution >= 4 is 5.97 Å². The maximum Gasteiger partial charge on any atom is 0.349 e. The van der Waals surface area contributed by atoms with Crippen LogP contribution in [0.1, 0.15) is 39.0 Å². The first-order valence-corrected chi connectivity index (χ1v) is 8.54. The maximum atomic E-state index is 12.1. The molecule has 0 aromatic carbocycles. The zero-order valence-electron chi connectivity index (χ0n) is 14.7. The monoisotopic (exact) mass is 336 g/mol. The predicted octanol–water partition coefficient (Wildman–Crippen LogP) is 2.47. The lowest BCUT2D eigenvalue weighted by Crippen LogP contribution is -2.19. The summed E-state index contributed by atoms with van der Waals surface area (Å²) in [7, 11) is 1.68. The molecule has 6 heteroatoms. The van der Waals surface area contributed by atoms with Crippen LogP contribution in [-0.4, -0.2) is 46.1 Å². The van der Waals surface area contributed by atoms with Gasteiger partial charge in [-0.25, -0.2) is 4.79 Å². The molecule has 134 valence electrons. The highest BCUT2D eigenvalue weighted by molar-refractivity contribution is 5.94. The molecule has 0 fully saturated rings. The molecule has 0 unspecified atom stereocenters. The summed E-state index contributed by atoms with van der Waals surface area (Å²) in [5.41, 5.74) is 1.90. The van der Waals surface area contributed by atoms with E-state index in [-0.39, 0.29) is 12.2 Å². The third-order valence-corrected chi connectivity index (χ3v) is 3.56. The summed E-state index contributed by atoms with van der Waals surface area (Å²) in [4.78, 5) is 12.1. The Bertz CT molecular complexity index is 492. The number of nitrogens with one attached hydrogen (secondary N) is 1. The molecule has 0 spiro atoms. The van der Waals surface area contributed by atoms with Crippen molar-refractivity contribution in [3.63, 3.8) is 0 Å². The van der Waals surface area contributed by atoms with E-state index in [1.165, 1.54) is 0 Å². The molecule has 0 aliphatic heterocycles. The highest BCUT2D eigenvalue weighted by atomic mass is 16.6. The molecule has 0 radical (unpaired) electrons. The Morgan fingerprint density at radius 3 is 2.83 bits per heavy atom. The van der Waals surface area contributed by atoms with Crippen LogP contribution in [0, 0.1) is 11.3 Å². The van der Waals surface area contributed by atoms with Crippen molar-refractivity contribution < 1.29 is 19.0 Å². The van der Waals surface area contributed by atoms with E-state index in [0.717, 1.165) is 43.5 Å². The van der Waals surface area contributed by atoms with Gasteiger partial charge in [-0.3, -0.25) is 0 Å². The molecule has 1 N–H and O–H groups in total. The van der Waals surface area contributed by atoms with E-state index in [4.69, 9.17) is 14.2 Å². The van der Waals surface area contributed by atoms with Gasteiger partial charge in [0.2, 0.25) is 0 Å². The lowest BCUT2D eigenvalue weighted by atomic mass is 9.95. The smallest absolute Gasteiger partial charge is 0.349 e. The van der Waals surface area contributed by atoms with E-state index in [1.807, 2.05) is 19.1 Å². The van der Waals surface area contributed by atoms with Crippen molar-refractivity contribution in [1.29, 1.82) is 5.26 Å². The fourth-order valence-corrected chi connectivity index (χ4v) is 2.39. The fourth-order valence-electron chi connectivity index (χ4n) is 2.39. The second-order valence-electron chi connectivity index (χ2n) is 5.56. The molecule has 0 amide bonds. The van der Waals surface area contributed by atoms with Gasteiger partial charge in [0.15, 0.2) is 0 Å². The molecule has 1 aliphatic carbocycles. The number of hydrogen-bond donors (Lipinski definition) is 1. The Kier molecular flexibility index (Phi) is 10.6. The average Bonchev–Trinajstić information content (AvgIpc) is 2.60. The maximum absolute atomic E-state index is 12.1. The SMILES string of the molecule is CCCOCCOC(=O)/C(C#N)=C1\C=C(NCCCOC)CCC1. The molecular formula is C18H28N2O4. The Morgan fingerprint density at radius 1 is 1.29 bits per heavy atom. The predicted molar refractivity (Wildman–Crippen MR) is 91.1 cm³/mol. The van der Waals surface area contributed by atoms with E-state index in [1.54, 1.807) is 7.11 Å². The van der Waals surface area contributed by atoms with Crippen LogP contribution in [0.5, 0.6) is 0 Å². The van der Waals surface area contributed by atoms with Crippen LogP contribution < -0.4 is 5.32 Å². The van der Waals surface area contributed by atoms with E-state index >= 15 is 0 Å². The van der Waals surface area contributed by atoms with Gasteiger partial charge in [-0.15, -0.1) is 0 Å². The Morgan fingerprint density at radius 2 is 2.12 bits per heavy atom. The summed E-state index contributed by atoms with van der Waals surface area (Å²) in [5.74, 6) is -0.565. The second-order valence-corrected chi connectivity index (χ2v) is 5.56. The van der Waals surface area contributed by atoms with Crippen LogP contribution in [-0.2, 0) is 19.0 Å². The van der Waals surface area contributed by atoms with Gasteiger partial charge in [0, 0.05) is 32.6 Å². The number of rotatable bonds is 11. The van der Waals surface area contributed by atoms with Crippen molar-refractivity contribution in [1.82, 2.24) is 5.32 Å². The van der Waals surface area contributed by atoms with Crippen molar-refractivity contribution in [2.24, 2.45) is 0 Å². The van der Waals surface area contributed by atoms with E-state index in [9.17, 15) is 10.1 Å². The van der Waals surface area contributed by atoms with Gasteiger partial charge in [0.25, 0.3) is 0 Å². The minimum Gasteiger partial charge on any atom is -0.459 e. The van der Waals surface area contributed by atoms with Crippen molar-refractivity contribution in [3.05, 3.63) is 22.9 Å². The molecule has 0 saturated carbocycles. The molecule has 1 rings (SSSR count). The topological polar surface area (TPSA) is 80.6 Å². The number of carbonyl (C=O) groups excluding carboxylic acids is 1. The van der Waals surface area contributed by atoms with Crippen LogP contribution in [0.25, 0.3) is 0 Å². The first-order valence-electron chi connectivity index (χ1n) is 8.54. The van der Waals surface area contributed by atoms with E-state index < -0.39 is 5.97 Å². The van der Waals surface area contributed by atoms with Gasteiger partial charge in [0.1, 0.15) is 18.2 Å². The Balaban J connectivity index is 2.58. The number of methoxy groups -OCH3 is 1. The number of nitriles is 1. The molecule has 0 heterocycles. The van der Waals surface area contributed by atoms with Crippen molar-refractivity contribution in [2.45, 2.75) is 39.0 Å². The number of hydrogen-bond acceptors (Lipinski definition) is 6. The van der Waals surface area contributed by atoms with Gasteiger partial charge in [-0.1, -0.05) is 6.92 Å². The zero-order valence-corrected chi connectivity index (χ0v) is 14.7. The quantitative estimate of drug-likeness (QED) is 0.270. The summed E-state index contributed by atoms with van der Waals surface area (Å²) in [6.45, 7) is 4.71. The van der Waals surface area contributed by atoms with Crippen molar-refractivity contribution in [2.75, 3.05) is 40.1 Å². The molecular weight excluding hydrogens is 308 g/mol. The number of nitrogens with zero attached hydrogens (tertiary/aromatic N) is 1. The van der Waals surface area contributed by atoms with E-state index in [0.29, 0.717) is 26.2 Å². The third-order valence-electron chi connectivity index (χ3n) is 3.56. The summed E-state index contributed by atoms with van der Waals surface area (Å²) >= 11 is 0. The normalized spacial score (nSPS) is 16.1. The standard InChI is InChI=1S/C18H28N2O4/c1-3-9-23-11-12-24-18(21)17(14-19)15-6-4-7-16(13-15)20-8-5-10-22-2/h13,20H,3-12H2,1-2H3/b17-15-. The highest BCUT2D eigenvalue weighted by Crippen LogP contribution is 2.24. The lowest BCUT2D eigenvalue weighted by Gasteiger charge is -2.18. The summed E-state index contributed by atoms with van der Waals surface area (Å²) in [5, 5.41) is 12.7. The first-order chi connectivity index (χ1) is 11.7. The molecule has 24 heavy (non-hydrogen) atoms. The molecule has 0 saturated heterocycles. The van der Waals surface area contributed by atoms with Crippen molar-refractivity contribution in [3.8, 4) is 6.07 Å². The molecule has 0 aromatic rings. The Labute approximate surface area is 144 Å². The molecule has 0 bridgehead atoms. The largest absolute Gasteiger partial charge is 0.459 e. The molecule has 0 aromatic heterocycles. The molecule has 6 nitrogen and oxygen atoms in total. The lowest BCUT2D eigenvalue weighted by molar-refractivity contribution is -0.140. The zero-order chi connectivity index (χ0) is 17.6. The summed E-state index contributed by atoms with van der Waals surface area (Å²) in [6, 6.07) is 1.99. The minimum atomic E-state index is -0.565.